The van der Waals surface area contributed by atoms with Gasteiger partial charge in [-0.2, -0.15) is 0 Å². The Morgan fingerprint density at radius 3 is 0.794 bits per heavy atom. The molecule has 0 spiro atoms. The Labute approximate surface area is 622 Å². The zero-order chi connectivity index (χ0) is 74.6. The highest BCUT2D eigenvalue weighted by molar-refractivity contribution is 7.47. The molecule has 17 nitrogen and oxygen atoms in total. The van der Waals surface area contributed by atoms with Crippen LogP contribution in [0, 0.1) is 0 Å². The first kappa shape index (κ1) is 98.8. The number of rotatable bonds is 79. The van der Waals surface area contributed by atoms with Crippen LogP contribution in [-0.2, 0) is 65.4 Å². The maximum absolute atomic E-state index is 13.1. The lowest BCUT2D eigenvalue weighted by molar-refractivity contribution is -0.161. The maximum Gasteiger partial charge on any atom is 0.472 e. The van der Waals surface area contributed by atoms with E-state index in [2.05, 4.69) is 70.2 Å². The molecule has 0 aromatic rings. The summed E-state index contributed by atoms with van der Waals surface area (Å²) in [5, 5.41) is 10.6. The summed E-state index contributed by atoms with van der Waals surface area (Å²) in [5.74, 6) is -2.23. The van der Waals surface area contributed by atoms with Gasteiger partial charge in [-0.15, -0.1) is 0 Å². The number of hydrogen-bond donors (Lipinski definition) is 3. The highest BCUT2D eigenvalue weighted by Crippen LogP contribution is 2.45. The zero-order valence-corrected chi connectivity index (χ0v) is 67.1. The van der Waals surface area contributed by atoms with Crippen LogP contribution in [0.2, 0.25) is 0 Å². The van der Waals surface area contributed by atoms with Crippen molar-refractivity contribution in [3.63, 3.8) is 0 Å². The highest BCUT2D eigenvalue weighted by atomic mass is 31.2. The summed E-state index contributed by atoms with van der Waals surface area (Å²) < 4.78 is 68.6. The number of carbonyl (C=O) groups is 4. The summed E-state index contributed by atoms with van der Waals surface area (Å²) in [7, 11) is -9.96. The van der Waals surface area contributed by atoms with E-state index in [1.807, 2.05) is 18.2 Å². The van der Waals surface area contributed by atoms with Crippen LogP contribution in [0.15, 0.2) is 60.8 Å². The first-order valence-electron chi connectivity index (χ1n) is 41.5. The Morgan fingerprint density at radius 1 is 0.275 bits per heavy atom. The predicted octanol–water partition coefficient (Wildman–Crippen LogP) is 24.2. The van der Waals surface area contributed by atoms with Crippen molar-refractivity contribution in [3.8, 4) is 0 Å². The topological polar surface area (TPSA) is 237 Å². The number of hydrogen-bond acceptors (Lipinski definition) is 15. The second-order valence-corrected chi connectivity index (χ2v) is 31.0. The van der Waals surface area contributed by atoms with Crippen LogP contribution >= 0.6 is 15.6 Å². The van der Waals surface area contributed by atoms with Gasteiger partial charge < -0.3 is 33.8 Å². The van der Waals surface area contributed by atoms with Crippen molar-refractivity contribution >= 4 is 39.5 Å². The fourth-order valence-electron chi connectivity index (χ4n) is 11.7. The molecule has 0 saturated carbocycles. The first-order valence-corrected chi connectivity index (χ1v) is 44.5. The van der Waals surface area contributed by atoms with Crippen molar-refractivity contribution in [1.29, 1.82) is 0 Å². The molecule has 0 aliphatic heterocycles. The van der Waals surface area contributed by atoms with Gasteiger partial charge in [0.1, 0.15) is 19.3 Å². The molecule has 0 saturated heterocycles. The average molecular weight is 1480 g/mol. The van der Waals surface area contributed by atoms with Crippen molar-refractivity contribution < 1.29 is 80.2 Å². The van der Waals surface area contributed by atoms with Gasteiger partial charge in [-0.05, 0) is 64.2 Å². The van der Waals surface area contributed by atoms with Gasteiger partial charge in [0.05, 0.1) is 26.4 Å². The Hall–Kier alpha value is -3.24. The van der Waals surface area contributed by atoms with Crippen LogP contribution in [0.25, 0.3) is 0 Å². The average Bonchev–Trinajstić information content (AvgIpc) is 1.21. The molecule has 0 aromatic heterocycles. The smallest absolute Gasteiger partial charge is 0.462 e. The fourth-order valence-corrected chi connectivity index (χ4v) is 13.3. The van der Waals surface area contributed by atoms with Crippen LogP contribution in [0.3, 0.4) is 0 Å². The summed E-state index contributed by atoms with van der Waals surface area (Å²) >= 11 is 0. The predicted molar refractivity (Wildman–Crippen MR) is 418 cm³/mol. The van der Waals surface area contributed by atoms with Crippen LogP contribution in [0.4, 0.5) is 0 Å². The molecule has 102 heavy (non-hydrogen) atoms. The van der Waals surface area contributed by atoms with Crippen LogP contribution in [-0.4, -0.2) is 96.7 Å². The van der Waals surface area contributed by atoms with E-state index in [-0.39, 0.29) is 25.7 Å². The largest absolute Gasteiger partial charge is 0.472 e. The molecule has 2 unspecified atom stereocenters. The standard InChI is InChI=1S/C83H152O17P2/c1-5-9-13-17-21-25-29-33-36-37-38-39-42-46-50-54-58-62-66-70-83(88)100-79(74-94-81(86)68-64-60-56-52-48-44-40-34-30-26-22-18-14-10-6-2)76-98-102(91,92)96-72-77(84)71-95-101(89,90)97-75-78(73-93-80(85)67-63-59-55-51-47-43-32-28-24-20-16-12-8-4)99-82(87)69-65-61-57-53-49-45-41-35-31-27-23-19-15-11-7-3/h21,25,33,36,38-39,46,50,58,62,77-79,84H,5-20,22-24,26-32,34-35,37,40-45,47-49,51-57,59-61,63-76H2,1-4H3,(H,89,90)(H,91,92)/b25-21-,36-33-,39-38-,50-46-,62-58-/t77-,78+,79+/m0/s1. The van der Waals surface area contributed by atoms with Crippen molar-refractivity contribution in [2.75, 3.05) is 39.6 Å². The second-order valence-electron chi connectivity index (χ2n) is 28.1. The summed E-state index contributed by atoms with van der Waals surface area (Å²) in [4.78, 5) is 73.0. The SMILES string of the molecule is CCCCC/C=C\C/C=C\C/C=C\C/C=C\C/C=C\CCC(=O)O[C@H](COC(=O)CCCCCCCCCCCCCCCCC)COP(=O)(O)OC[C@@H](O)COP(=O)(O)OC[C@@H](COC(=O)CCCCCCCCCCCCCCC)OC(=O)CCCCCCCCCCCCCCCCC. The van der Waals surface area contributed by atoms with Gasteiger partial charge in [-0.25, -0.2) is 9.13 Å². The van der Waals surface area contributed by atoms with Gasteiger partial charge in [0.25, 0.3) is 0 Å². The van der Waals surface area contributed by atoms with E-state index < -0.39 is 97.5 Å². The van der Waals surface area contributed by atoms with E-state index in [0.29, 0.717) is 32.1 Å². The molecule has 0 aromatic carbocycles. The molecule has 5 atom stereocenters. The molecular weight excluding hydrogens is 1330 g/mol. The van der Waals surface area contributed by atoms with Crippen molar-refractivity contribution in [1.82, 2.24) is 0 Å². The minimum Gasteiger partial charge on any atom is -0.462 e. The van der Waals surface area contributed by atoms with Crippen LogP contribution in [0.5, 0.6) is 0 Å². The fraction of sp³-hybridized carbons (Fsp3) is 0.831. The van der Waals surface area contributed by atoms with Gasteiger partial charge in [0.2, 0.25) is 0 Å². The van der Waals surface area contributed by atoms with E-state index in [1.165, 1.54) is 212 Å². The third-order valence-electron chi connectivity index (χ3n) is 18.0. The number of allylic oxidation sites excluding steroid dienone is 10. The van der Waals surface area contributed by atoms with Gasteiger partial charge in [-0.3, -0.25) is 37.3 Å². The molecule has 0 aliphatic rings. The molecule has 0 bridgehead atoms. The van der Waals surface area contributed by atoms with E-state index in [4.69, 9.17) is 37.0 Å². The first-order chi connectivity index (χ1) is 49.7. The molecule has 0 radical (unpaired) electrons. The lowest BCUT2D eigenvalue weighted by atomic mass is 10.0. The molecule has 3 N–H and O–H groups in total. The molecule has 596 valence electrons. The van der Waals surface area contributed by atoms with Gasteiger partial charge >= 0.3 is 39.5 Å². The molecule has 0 rings (SSSR count). The number of aliphatic hydroxyl groups excluding tert-OH is 1. The lowest BCUT2D eigenvalue weighted by Gasteiger charge is -2.21. The normalized spacial score (nSPS) is 14.1. The molecule has 0 amide bonds. The number of phosphoric acid groups is 2. The summed E-state index contributed by atoms with van der Waals surface area (Å²) in [6, 6.07) is 0. The summed E-state index contributed by atoms with van der Waals surface area (Å²) in [5.41, 5.74) is 0. The van der Waals surface area contributed by atoms with Crippen LogP contribution in [0.1, 0.15) is 387 Å². The number of aliphatic hydroxyl groups is 1. The van der Waals surface area contributed by atoms with Crippen molar-refractivity contribution in [3.05, 3.63) is 60.8 Å². The maximum atomic E-state index is 13.1. The van der Waals surface area contributed by atoms with Gasteiger partial charge in [-0.1, -0.05) is 358 Å². The number of carbonyl (C=O) groups excluding carboxylic acids is 4. The van der Waals surface area contributed by atoms with E-state index in [9.17, 15) is 43.2 Å². The monoisotopic (exact) mass is 1480 g/mol. The molecule has 19 heteroatoms. The molecule has 0 aliphatic carbocycles. The van der Waals surface area contributed by atoms with Crippen molar-refractivity contribution in [2.24, 2.45) is 0 Å². The number of unbranched alkanes of at least 4 members (excludes halogenated alkanes) is 43. The number of ether oxygens (including phenoxy) is 4. The number of phosphoric ester groups is 2. The third-order valence-corrected chi connectivity index (χ3v) is 19.9. The van der Waals surface area contributed by atoms with Crippen LogP contribution < -0.4 is 0 Å². The summed E-state index contributed by atoms with van der Waals surface area (Å²) in [6.45, 7) is 4.86. The molecule has 0 fully saturated rings. The molecular formula is C83H152O17P2. The lowest BCUT2D eigenvalue weighted by Crippen LogP contribution is -2.30. The second kappa shape index (κ2) is 76.0. The zero-order valence-electron chi connectivity index (χ0n) is 65.3. The van der Waals surface area contributed by atoms with E-state index >= 15 is 0 Å². The summed E-state index contributed by atoms with van der Waals surface area (Å²) in [6.07, 6.45) is 76.3. The quantitative estimate of drug-likeness (QED) is 0.0169. The highest BCUT2D eigenvalue weighted by Gasteiger charge is 2.30. The molecule has 0 heterocycles. The van der Waals surface area contributed by atoms with Crippen molar-refractivity contribution in [2.45, 2.75) is 406 Å². The Morgan fingerprint density at radius 2 is 0.500 bits per heavy atom. The van der Waals surface area contributed by atoms with Gasteiger partial charge in [0, 0.05) is 25.7 Å². The van der Waals surface area contributed by atoms with E-state index in [1.54, 1.807) is 0 Å². The Kier molecular flexibility index (Phi) is 73.6. The third kappa shape index (κ3) is 75.0. The minimum atomic E-state index is -4.99. The van der Waals surface area contributed by atoms with Gasteiger partial charge in [0.15, 0.2) is 12.2 Å². The Balaban J connectivity index is 5.38. The number of esters is 4. The minimum absolute atomic E-state index is 0.0228. The van der Waals surface area contributed by atoms with E-state index in [0.717, 1.165) is 89.9 Å². The Bertz CT molecular complexity index is 2170.